The number of nitrogens with two attached hydrogens (primary N) is 1. The maximum absolute atomic E-state index is 5.99. The van der Waals surface area contributed by atoms with Gasteiger partial charge in [0.05, 0.1) is 0 Å². The molecule has 76 valence electrons. The van der Waals surface area contributed by atoms with Gasteiger partial charge in [0.15, 0.2) is 0 Å². The Kier molecular flexibility index (Phi) is 2.36. The van der Waals surface area contributed by atoms with E-state index < -0.39 is 0 Å². The van der Waals surface area contributed by atoms with E-state index >= 15 is 0 Å². The van der Waals surface area contributed by atoms with Crippen LogP contribution >= 0.6 is 0 Å². The molecule has 0 heterocycles. The molecule has 1 fully saturated rings. The monoisotopic (exact) mass is 189 g/mol. The number of aryl methyl sites for hydroxylation is 1. The predicted molar refractivity (Wildman–Crippen MR) is 60.4 cm³/mol. The lowest BCUT2D eigenvalue weighted by atomic mass is 9.80. The van der Waals surface area contributed by atoms with Gasteiger partial charge in [-0.15, -0.1) is 0 Å². The fourth-order valence-electron chi connectivity index (χ4n) is 2.57. The summed E-state index contributed by atoms with van der Waals surface area (Å²) in [4.78, 5) is 0. The van der Waals surface area contributed by atoms with Crippen LogP contribution in [0.15, 0.2) is 24.3 Å². The molecule has 1 aromatic carbocycles. The zero-order chi connectivity index (χ0) is 10.2. The van der Waals surface area contributed by atoms with Crippen LogP contribution < -0.4 is 5.73 Å². The minimum atomic E-state index is 0.325. The highest BCUT2D eigenvalue weighted by Gasteiger charge is 2.34. The Morgan fingerprint density at radius 3 is 2.79 bits per heavy atom. The first-order valence-corrected chi connectivity index (χ1v) is 5.43. The Bertz CT molecular complexity index is 332. The van der Waals surface area contributed by atoms with Crippen LogP contribution in [0.3, 0.4) is 0 Å². The third-order valence-corrected chi connectivity index (χ3v) is 3.49. The first kappa shape index (κ1) is 9.72. The van der Waals surface area contributed by atoms with E-state index in [0.717, 1.165) is 6.42 Å². The van der Waals surface area contributed by atoms with Crippen LogP contribution in [0.1, 0.15) is 37.3 Å². The molecule has 2 atom stereocenters. The standard InChI is InChI=1S/C13H19N/c1-10-4-3-5-11(8-10)13(2)7-6-12(14)9-13/h3-5,8,12H,6-7,9,14H2,1-2H3. The Hall–Kier alpha value is -0.820. The van der Waals surface area contributed by atoms with E-state index in [9.17, 15) is 0 Å². The number of rotatable bonds is 1. The average molecular weight is 189 g/mol. The van der Waals surface area contributed by atoms with Crippen molar-refractivity contribution in [2.24, 2.45) is 5.73 Å². The Morgan fingerprint density at radius 2 is 2.21 bits per heavy atom. The van der Waals surface area contributed by atoms with Crippen LogP contribution in [-0.4, -0.2) is 6.04 Å². The third-order valence-electron chi connectivity index (χ3n) is 3.49. The van der Waals surface area contributed by atoms with Gasteiger partial charge in [-0.25, -0.2) is 0 Å². The van der Waals surface area contributed by atoms with Gasteiger partial charge in [0.2, 0.25) is 0 Å². The quantitative estimate of drug-likeness (QED) is 0.722. The topological polar surface area (TPSA) is 26.0 Å². The smallest absolute Gasteiger partial charge is 0.00475 e. The van der Waals surface area contributed by atoms with Crippen molar-refractivity contribution >= 4 is 0 Å². The first-order valence-electron chi connectivity index (χ1n) is 5.43. The van der Waals surface area contributed by atoms with Crippen molar-refractivity contribution in [3.8, 4) is 0 Å². The van der Waals surface area contributed by atoms with E-state index in [1.165, 1.54) is 24.0 Å². The highest BCUT2D eigenvalue weighted by atomic mass is 14.7. The summed E-state index contributed by atoms with van der Waals surface area (Å²) in [7, 11) is 0. The maximum Gasteiger partial charge on any atom is 0.00475 e. The second-order valence-corrected chi connectivity index (χ2v) is 4.93. The molecule has 0 radical (unpaired) electrons. The normalized spacial score (nSPS) is 32.1. The van der Waals surface area contributed by atoms with E-state index in [1.54, 1.807) is 0 Å². The predicted octanol–water partition coefficient (Wildman–Crippen LogP) is 2.76. The second kappa shape index (κ2) is 3.39. The summed E-state index contributed by atoms with van der Waals surface area (Å²) in [6.07, 6.45) is 3.54. The number of benzene rings is 1. The van der Waals surface area contributed by atoms with Gasteiger partial charge in [-0.05, 0) is 37.2 Å². The van der Waals surface area contributed by atoms with Crippen LogP contribution in [0.4, 0.5) is 0 Å². The minimum absolute atomic E-state index is 0.325. The molecule has 2 unspecified atom stereocenters. The van der Waals surface area contributed by atoms with Crippen molar-refractivity contribution in [1.82, 2.24) is 0 Å². The van der Waals surface area contributed by atoms with Gasteiger partial charge in [0.25, 0.3) is 0 Å². The lowest BCUT2D eigenvalue weighted by Gasteiger charge is -2.24. The van der Waals surface area contributed by atoms with Gasteiger partial charge in [0.1, 0.15) is 0 Å². The van der Waals surface area contributed by atoms with Crippen molar-refractivity contribution in [2.45, 2.75) is 44.6 Å². The summed E-state index contributed by atoms with van der Waals surface area (Å²) >= 11 is 0. The fraction of sp³-hybridized carbons (Fsp3) is 0.538. The largest absolute Gasteiger partial charge is 0.328 e. The summed E-state index contributed by atoms with van der Waals surface area (Å²) in [6.45, 7) is 4.50. The van der Waals surface area contributed by atoms with Crippen molar-refractivity contribution < 1.29 is 0 Å². The van der Waals surface area contributed by atoms with E-state index in [1.807, 2.05) is 0 Å². The molecular weight excluding hydrogens is 170 g/mol. The SMILES string of the molecule is Cc1cccc(C2(C)CCC(N)C2)c1. The second-order valence-electron chi connectivity index (χ2n) is 4.93. The summed E-state index contributed by atoms with van der Waals surface area (Å²) in [5, 5.41) is 0. The third kappa shape index (κ3) is 1.69. The first-order chi connectivity index (χ1) is 6.60. The molecule has 1 saturated carbocycles. The van der Waals surface area contributed by atoms with Crippen LogP contribution in [0, 0.1) is 6.92 Å². The molecule has 1 aliphatic rings. The maximum atomic E-state index is 5.99. The molecule has 0 bridgehead atoms. The van der Waals surface area contributed by atoms with Gasteiger partial charge >= 0.3 is 0 Å². The molecule has 0 amide bonds. The summed E-state index contributed by atoms with van der Waals surface area (Å²) in [5.74, 6) is 0. The van der Waals surface area contributed by atoms with Gasteiger partial charge in [0, 0.05) is 6.04 Å². The number of hydrogen-bond donors (Lipinski definition) is 1. The molecule has 0 aliphatic heterocycles. The van der Waals surface area contributed by atoms with E-state index in [-0.39, 0.29) is 0 Å². The lowest BCUT2D eigenvalue weighted by Crippen LogP contribution is -2.22. The van der Waals surface area contributed by atoms with Crippen molar-refractivity contribution in [3.05, 3.63) is 35.4 Å². The van der Waals surface area contributed by atoms with E-state index in [4.69, 9.17) is 5.73 Å². The molecule has 2 N–H and O–H groups in total. The minimum Gasteiger partial charge on any atom is -0.328 e. The van der Waals surface area contributed by atoms with Gasteiger partial charge in [-0.1, -0.05) is 36.8 Å². The highest BCUT2D eigenvalue weighted by molar-refractivity contribution is 5.30. The molecule has 0 aromatic heterocycles. The number of hydrogen-bond acceptors (Lipinski definition) is 1. The van der Waals surface area contributed by atoms with Gasteiger partial charge in [-0.3, -0.25) is 0 Å². The molecule has 1 nitrogen and oxygen atoms in total. The summed E-state index contributed by atoms with van der Waals surface area (Å²) < 4.78 is 0. The Morgan fingerprint density at radius 1 is 1.43 bits per heavy atom. The summed E-state index contributed by atoms with van der Waals surface area (Å²) in [5.41, 5.74) is 9.13. The molecule has 14 heavy (non-hydrogen) atoms. The fourth-order valence-corrected chi connectivity index (χ4v) is 2.57. The molecule has 1 heteroatoms. The molecule has 1 aromatic rings. The lowest BCUT2D eigenvalue weighted by molar-refractivity contribution is 0.482. The summed E-state index contributed by atoms with van der Waals surface area (Å²) in [6, 6.07) is 9.26. The van der Waals surface area contributed by atoms with Crippen LogP contribution in [0.25, 0.3) is 0 Å². The average Bonchev–Trinajstić information content (AvgIpc) is 2.48. The van der Waals surface area contributed by atoms with Crippen molar-refractivity contribution in [3.63, 3.8) is 0 Å². The Balaban J connectivity index is 2.30. The molecule has 0 spiro atoms. The zero-order valence-electron chi connectivity index (χ0n) is 9.09. The van der Waals surface area contributed by atoms with Gasteiger partial charge in [-0.2, -0.15) is 0 Å². The molecule has 0 saturated heterocycles. The zero-order valence-corrected chi connectivity index (χ0v) is 9.09. The van der Waals surface area contributed by atoms with Crippen molar-refractivity contribution in [1.29, 1.82) is 0 Å². The highest BCUT2D eigenvalue weighted by Crippen LogP contribution is 2.40. The van der Waals surface area contributed by atoms with Crippen LogP contribution in [0.2, 0.25) is 0 Å². The van der Waals surface area contributed by atoms with Crippen LogP contribution in [0.5, 0.6) is 0 Å². The van der Waals surface area contributed by atoms with Crippen molar-refractivity contribution in [2.75, 3.05) is 0 Å². The van der Waals surface area contributed by atoms with E-state index in [0.29, 0.717) is 11.5 Å². The molecule has 2 rings (SSSR count). The molecule has 1 aliphatic carbocycles. The van der Waals surface area contributed by atoms with E-state index in [2.05, 4.69) is 38.1 Å². The van der Waals surface area contributed by atoms with Crippen LogP contribution in [-0.2, 0) is 5.41 Å². The van der Waals surface area contributed by atoms with Gasteiger partial charge < -0.3 is 5.73 Å². The molecular formula is C13H19N. The Labute approximate surface area is 86.3 Å².